The van der Waals surface area contributed by atoms with E-state index in [9.17, 15) is 4.79 Å². The number of primary amides is 1. The Labute approximate surface area is 126 Å². The molecule has 1 amide bonds. The van der Waals surface area contributed by atoms with Gasteiger partial charge in [0.05, 0.1) is 0 Å². The highest BCUT2D eigenvalue weighted by Crippen LogP contribution is 2.39. The van der Waals surface area contributed by atoms with Gasteiger partial charge in [0.25, 0.3) is 0 Å². The van der Waals surface area contributed by atoms with Crippen molar-refractivity contribution in [2.24, 2.45) is 5.73 Å². The van der Waals surface area contributed by atoms with Crippen LogP contribution < -0.4 is 5.73 Å². The van der Waals surface area contributed by atoms with E-state index in [1.807, 2.05) is 12.1 Å². The van der Waals surface area contributed by atoms with E-state index in [0.717, 1.165) is 29.4 Å². The Balaban J connectivity index is 2.25. The lowest BCUT2D eigenvalue weighted by Crippen LogP contribution is -2.18. The summed E-state index contributed by atoms with van der Waals surface area (Å²) in [7, 11) is 2.10. The minimum absolute atomic E-state index is 0.421. The molecule has 1 aromatic carbocycles. The van der Waals surface area contributed by atoms with E-state index in [0.29, 0.717) is 0 Å². The van der Waals surface area contributed by atoms with Crippen LogP contribution in [0.4, 0.5) is 0 Å². The van der Waals surface area contributed by atoms with E-state index in [2.05, 4.69) is 18.0 Å². The molecule has 0 radical (unpaired) electrons. The SMILES string of the molecule is CN1CCc2c(Cl)ccc3sc(/C=C/C(N)=O)c(c23)C1. The Bertz CT molecular complexity index is 720. The van der Waals surface area contributed by atoms with E-state index >= 15 is 0 Å². The van der Waals surface area contributed by atoms with Gasteiger partial charge >= 0.3 is 0 Å². The molecule has 0 fully saturated rings. The van der Waals surface area contributed by atoms with Gasteiger partial charge in [-0.2, -0.15) is 0 Å². The second-order valence-electron chi connectivity index (χ2n) is 5.07. The van der Waals surface area contributed by atoms with Crippen LogP contribution in [0.25, 0.3) is 16.2 Å². The number of thiophene rings is 1. The number of carbonyl (C=O) groups excluding carboxylic acids is 1. The minimum atomic E-state index is -0.421. The molecule has 5 heteroatoms. The average molecular weight is 307 g/mol. The first-order chi connectivity index (χ1) is 9.56. The monoisotopic (exact) mass is 306 g/mol. The van der Waals surface area contributed by atoms with Gasteiger partial charge in [-0.1, -0.05) is 11.6 Å². The summed E-state index contributed by atoms with van der Waals surface area (Å²) in [6.45, 7) is 1.85. The van der Waals surface area contributed by atoms with Crippen LogP contribution in [0.1, 0.15) is 16.0 Å². The standard InChI is InChI=1S/C15H15ClN2OS/c1-18-7-6-9-11(16)2-3-13-15(9)10(8-18)12(20-13)4-5-14(17)19/h2-5H,6-8H2,1H3,(H2,17,19)/b5-4+. The van der Waals surface area contributed by atoms with Crippen molar-refractivity contribution >= 4 is 45.0 Å². The van der Waals surface area contributed by atoms with Crippen LogP contribution in [0.15, 0.2) is 18.2 Å². The number of benzene rings is 1. The van der Waals surface area contributed by atoms with E-state index < -0.39 is 5.91 Å². The van der Waals surface area contributed by atoms with Crippen LogP contribution in [-0.2, 0) is 17.8 Å². The Morgan fingerprint density at radius 3 is 3.00 bits per heavy atom. The summed E-state index contributed by atoms with van der Waals surface area (Å²) >= 11 is 8.04. The molecular formula is C15H15ClN2OS. The molecule has 1 aromatic heterocycles. The molecule has 0 unspecified atom stereocenters. The summed E-state index contributed by atoms with van der Waals surface area (Å²) in [5, 5.41) is 2.09. The summed E-state index contributed by atoms with van der Waals surface area (Å²) in [4.78, 5) is 14.3. The first-order valence-corrected chi connectivity index (χ1v) is 7.64. The fraction of sp³-hybridized carbons (Fsp3) is 0.267. The second-order valence-corrected chi connectivity index (χ2v) is 6.56. The summed E-state index contributed by atoms with van der Waals surface area (Å²) in [6, 6.07) is 4.02. The lowest BCUT2D eigenvalue weighted by Gasteiger charge is -2.13. The van der Waals surface area contributed by atoms with Gasteiger partial charge in [0.2, 0.25) is 5.91 Å². The molecule has 3 nitrogen and oxygen atoms in total. The number of likely N-dealkylation sites (N-methyl/N-ethyl adjacent to an activating group) is 1. The maximum atomic E-state index is 11.0. The van der Waals surface area contributed by atoms with Gasteiger partial charge in [0.15, 0.2) is 0 Å². The lowest BCUT2D eigenvalue weighted by molar-refractivity contribution is -0.113. The highest BCUT2D eigenvalue weighted by molar-refractivity contribution is 7.20. The van der Waals surface area contributed by atoms with Crippen LogP contribution in [0.5, 0.6) is 0 Å². The Morgan fingerprint density at radius 2 is 2.25 bits per heavy atom. The quantitative estimate of drug-likeness (QED) is 0.867. The zero-order valence-corrected chi connectivity index (χ0v) is 12.7. The normalized spacial score (nSPS) is 15.9. The third-order valence-electron chi connectivity index (χ3n) is 3.61. The van der Waals surface area contributed by atoms with Gasteiger partial charge in [-0.3, -0.25) is 4.79 Å². The molecule has 2 aromatic rings. The summed E-state index contributed by atoms with van der Waals surface area (Å²) in [6.07, 6.45) is 4.20. The fourth-order valence-corrected chi connectivity index (χ4v) is 4.06. The third-order valence-corrected chi connectivity index (χ3v) is 5.12. The number of hydrogen-bond acceptors (Lipinski definition) is 3. The number of carbonyl (C=O) groups is 1. The number of hydrogen-bond donors (Lipinski definition) is 1. The van der Waals surface area contributed by atoms with Crippen LogP contribution in [0, 0.1) is 0 Å². The van der Waals surface area contributed by atoms with Crippen molar-refractivity contribution in [1.82, 2.24) is 4.90 Å². The van der Waals surface area contributed by atoms with Gasteiger partial charge in [0, 0.05) is 39.2 Å². The van der Waals surface area contributed by atoms with Crippen molar-refractivity contribution in [2.75, 3.05) is 13.6 Å². The summed E-state index contributed by atoms with van der Waals surface area (Å²) < 4.78 is 1.22. The third kappa shape index (κ3) is 2.35. The molecule has 2 N–H and O–H groups in total. The Hall–Kier alpha value is -1.36. The van der Waals surface area contributed by atoms with E-state index in [1.54, 1.807) is 11.3 Å². The Morgan fingerprint density at radius 1 is 1.45 bits per heavy atom. The molecule has 0 aliphatic carbocycles. The van der Waals surface area contributed by atoms with Gasteiger partial charge < -0.3 is 10.6 Å². The number of nitrogens with zero attached hydrogens (tertiary/aromatic N) is 1. The summed E-state index contributed by atoms with van der Waals surface area (Å²) in [5.74, 6) is -0.421. The maximum Gasteiger partial charge on any atom is 0.241 e. The minimum Gasteiger partial charge on any atom is -0.366 e. The molecule has 3 rings (SSSR count). The molecule has 0 saturated carbocycles. The first kappa shape index (κ1) is 13.6. The van der Waals surface area contributed by atoms with Crippen molar-refractivity contribution < 1.29 is 4.79 Å². The van der Waals surface area contributed by atoms with E-state index in [4.69, 9.17) is 17.3 Å². The molecule has 1 aliphatic heterocycles. The molecule has 20 heavy (non-hydrogen) atoms. The van der Waals surface area contributed by atoms with Crippen LogP contribution >= 0.6 is 22.9 Å². The number of nitrogens with two attached hydrogens (primary N) is 1. The zero-order valence-electron chi connectivity index (χ0n) is 11.1. The predicted octanol–water partition coefficient (Wildman–Crippen LogP) is 3.04. The van der Waals surface area contributed by atoms with Crippen molar-refractivity contribution in [3.05, 3.63) is 39.2 Å². The molecule has 0 atom stereocenters. The highest BCUT2D eigenvalue weighted by Gasteiger charge is 2.20. The summed E-state index contributed by atoms with van der Waals surface area (Å²) in [5.41, 5.74) is 7.67. The molecule has 0 spiro atoms. The van der Waals surface area contributed by atoms with E-state index in [-0.39, 0.29) is 0 Å². The molecule has 104 valence electrons. The number of halogens is 1. The molecule has 2 heterocycles. The van der Waals surface area contributed by atoms with E-state index in [1.165, 1.54) is 27.3 Å². The van der Waals surface area contributed by atoms with Crippen LogP contribution in [0.3, 0.4) is 0 Å². The smallest absolute Gasteiger partial charge is 0.241 e. The maximum absolute atomic E-state index is 11.0. The number of amides is 1. The fourth-order valence-electron chi connectivity index (χ4n) is 2.67. The largest absolute Gasteiger partial charge is 0.366 e. The second kappa shape index (κ2) is 5.20. The lowest BCUT2D eigenvalue weighted by atomic mass is 10.0. The Kier molecular flexibility index (Phi) is 3.54. The van der Waals surface area contributed by atoms with Crippen molar-refractivity contribution in [2.45, 2.75) is 13.0 Å². The predicted molar refractivity (Wildman–Crippen MR) is 85.1 cm³/mol. The zero-order chi connectivity index (χ0) is 14.3. The molecule has 1 aliphatic rings. The van der Waals surface area contributed by atoms with Gasteiger partial charge in [-0.05, 0) is 42.8 Å². The number of rotatable bonds is 2. The van der Waals surface area contributed by atoms with Crippen molar-refractivity contribution in [1.29, 1.82) is 0 Å². The van der Waals surface area contributed by atoms with Gasteiger partial charge in [-0.15, -0.1) is 11.3 Å². The van der Waals surface area contributed by atoms with Crippen LogP contribution in [-0.4, -0.2) is 24.4 Å². The van der Waals surface area contributed by atoms with Gasteiger partial charge in [-0.25, -0.2) is 0 Å². The molecular weight excluding hydrogens is 292 g/mol. The van der Waals surface area contributed by atoms with Crippen LogP contribution in [0.2, 0.25) is 5.02 Å². The van der Waals surface area contributed by atoms with Crippen molar-refractivity contribution in [3.63, 3.8) is 0 Å². The van der Waals surface area contributed by atoms with Gasteiger partial charge in [0.1, 0.15) is 0 Å². The van der Waals surface area contributed by atoms with Crippen molar-refractivity contribution in [3.8, 4) is 0 Å². The first-order valence-electron chi connectivity index (χ1n) is 6.45. The topological polar surface area (TPSA) is 46.3 Å². The molecule has 0 bridgehead atoms. The molecule has 0 saturated heterocycles. The average Bonchev–Trinajstić information content (AvgIpc) is 2.62. The highest BCUT2D eigenvalue weighted by atomic mass is 35.5.